The van der Waals surface area contributed by atoms with Gasteiger partial charge in [-0.05, 0) is 37.7 Å². The first-order valence-corrected chi connectivity index (χ1v) is 7.69. The Kier molecular flexibility index (Phi) is 3.79. The normalized spacial score (nSPS) is 30.1. The molecular weight excluding hydrogens is 250 g/mol. The first-order valence-electron chi connectivity index (χ1n) is 7.69. The largest absolute Gasteiger partial charge is 0.480 e. The molecule has 0 radical (unpaired) electrons. The molecule has 1 aliphatic carbocycles. The molecule has 20 heavy (non-hydrogen) atoms. The van der Waals surface area contributed by atoms with E-state index in [9.17, 15) is 9.90 Å². The van der Waals surface area contributed by atoms with Gasteiger partial charge in [0.15, 0.2) is 0 Å². The number of carboxylic acid groups (broad SMARTS) is 1. The third kappa shape index (κ3) is 2.59. The molecule has 1 N–H and O–H groups in total. The molecule has 0 spiro atoms. The zero-order valence-electron chi connectivity index (χ0n) is 12.1. The Morgan fingerprint density at radius 1 is 1.25 bits per heavy atom. The number of likely N-dealkylation sites (tertiary alicyclic amines) is 1. The zero-order chi connectivity index (χ0) is 14.1. The number of aliphatic carboxylic acids is 1. The fraction of sp³-hybridized carbons (Fsp3) is 0.588. The standard InChI is InChI=1S/C17H23NO2/c1-12-6-8-13(9-7-12)11-18-15-5-3-2-4-14(15)10-16(18)17(19)20/h6-9,14-16H,2-5,10-11H2,1H3,(H,19,20)/t14-,15+,16-/m0/s1. The number of nitrogens with zero attached hydrogens (tertiary/aromatic N) is 1. The van der Waals surface area contributed by atoms with E-state index in [0.29, 0.717) is 12.0 Å². The molecule has 1 saturated heterocycles. The Morgan fingerprint density at radius 2 is 1.95 bits per heavy atom. The van der Waals surface area contributed by atoms with E-state index in [0.717, 1.165) is 13.0 Å². The van der Waals surface area contributed by atoms with Crippen LogP contribution in [0.4, 0.5) is 0 Å². The van der Waals surface area contributed by atoms with Gasteiger partial charge in [0.05, 0.1) is 0 Å². The van der Waals surface area contributed by atoms with Crippen LogP contribution in [0.5, 0.6) is 0 Å². The maximum Gasteiger partial charge on any atom is 0.320 e. The first kappa shape index (κ1) is 13.6. The van der Waals surface area contributed by atoms with Crippen LogP contribution in [0, 0.1) is 12.8 Å². The lowest BCUT2D eigenvalue weighted by atomic mass is 9.84. The van der Waals surface area contributed by atoms with Crippen LogP contribution in [0.1, 0.15) is 43.2 Å². The fourth-order valence-electron chi connectivity index (χ4n) is 3.93. The van der Waals surface area contributed by atoms with Crippen LogP contribution in [0.2, 0.25) is 0 Å². The van der Waals surface area contributed by atoms with Crippen LogP contribution in [-0.4, -0.2) is 28.1 Å². The van der Waals surface area contributed by atoms with E-state index >= 15 is 0 Å². The number of hydrogen-bond donors (Lipinski definition) is 1. The zero-order valence-corrected chi connectivity index (χ0v) is 12.1. The summed E-state index contributed by atoms with van der Waals surface area (Å²) >= 11 is 0. The van der Waals surface area contributed by atoms with Crippen LogP contribution in [-0.2, 0) is 11.3 Å². The SMILES string of the molecule is Cc1ccc(CN2[C@@H]3CCCC[C@H]3C[C@H]2C(=O)O)cc1. The quantitative estimate of drug-likeness (QED) is 0.919. The lowest BCUT2D eigenvalue weighted by Crippen LogP contribution is -2.41. The summed E-state index contributed by atoms with van der Waals surface area (Å²) in [6.07, 6.45) is 5.73. The summed E-state index contributed by atoms with van der Waals surface area (Å²) in [5.41, 5.74) is 2.48. The van der Waals surface area contributed by atoms with Crippen LogP contribution >= 0.6 is 0 Å². The highest BCUT2D eigenvalue weighted by molar-refractivity contribution is 5.74. The number of carbonyl (C=O) groups is 1. The first-order chi connectivity index (χ1) is 9.65. The van der Waals surface area contributed by atoms with Crippen LogP contribution in [0.3, 0.4) is 0 Å². The third-order valence-corrected chi connectivity index (χ3v) is 4.99. The highest BCUT2D eigenvalue weighted by Gasteiger charge is 2.44. The third-order valence-electron chi connectivity index (χ3n) is 4.99. The van der Waals surface area contributed by atoms with E-state index in [4.69, 9.17) is 0 Å². The lowest BCUT2D eigenvalue weighted by molar-refractivity contribution is -0.142. The predicted octanol–water partition coefficient (Wildman–Crippen LogP) is 3.21. The van der Waals surface area contributed by atoms with Crippen molar-refractivity contribution >= 4 is 5.97 Å². The molecule has 3 atom stereocenters. The minimum Gasteiger partial charge on any atom is -0.480 e. The molecule has 3 rings (SSSR count). The van der Waals surface area contributed by atoms with Crippen LogP contribution < -0.4 is 0 Å². The Bertz CT molecular complexity index is 482. The molecule has 0 amide bonds. The van der Waals surface area contributed by atoms with Gasteiger partial charge in [-0.3, -0.25) is 9.69 Å². The Morgan fingerprint density at radius 3 is 2.65 bits per heavy atom. The summed E-state index contributed by atoms with van der Waals surface area (Å²) < 4.78 is 0. The van der Waals surface area contributed by atoms with Gasteiger partial charge in [-0.25, -0.2) is 0 Å². The van der Waals surface area contributed by atoms with Crippen molar-refractivity contribution < 1.29 is 9.90 Å². The molecule has 108 valence electrons. The molecule has 3 heteroatoms. The van der Waals surface area contributed by atoms with Crippen molar-refractivity contribution in [1.29, 1.82) is 0 Å². The number of carboxylic acids is 1. The van der Waals surface area contributed by atoms with E-state index < -0.39 is 5.97 Å². The summed E-state index contributed by atoms with van der Waals surface area (Å²) in [6.45, 7) is 2.86. The van der Waals surface area contributed by atoms with Crippen LogP contribution in [0.15, 0.2) is 24.3 Å². The average molecular weight is 273 g/mol. The molecule has 0 bridgehead atoms. The second kappa shape index (κ2) is 5.57. The maximum absolute atomic E-state index is 11.6. The number of benzene rings is 1. The van der Waals surface area contributed by atoms with E-state index in [1.54, 1.807) is 0 Å². The van der Waals surface area contributed by atoms with Gasteiger partial charge in [0, 0.05) is 12.6 Å². The number of hydrogen-bond acceptors (Lipinski definition) is 2. The summed E-state index contributed by atoms with van der Waals surface area (Å²) in [5.74, 6) is -0.0539. The van der Waals surface area contributed by atoms with Crippen molar-refractivity contribution in [2.75, 3.05) is 0 Å². The fourth-order valence-corrected chi connectivity index (χ4v) is 3.93. The number of aryl methyl sites for hydroxylation is 1. The number of rotatable bonds is 3. The minimum atomic E-state index is -0.647. The molecule has 1 aliphatic heterocycles. The molecule has 2 fully saturated rings. The topological polar surface area (TPSA) is 40.5 Å². The molecule has 3 nitrogen and oxygen atoms in total. The molecule has 2 aliphatic rings. The van der Waals surface area contributed by atoms with Gasteiger partial charge >= 0.3 is 5.97 Å². The molecule has 1 aromatic carbocycles. The molecule has 0 unspecified atom stereocenters. The van der Waals surface area contributed by atoms with Crippen LogP contribution in [0.25, 0.3) is 0 Å². The minimum absolute atomic E-state index is 0.288. The Balaban J connectivity index is 1.80. The second-order valence-corrected chi connectivity index (χ2v) is 6.36. The van der Waals surface area contributed by atoms with Crippen molar-refractivity contribution in [3.63, 3.8) is 0 Å². The smallest absolute Gasteiger partial charge is 0.320 e. The maximum atomic E-state index is 11.6. The predicted molar refractivity (Wildman–Crippen MR) is 78.5 cm³/mol. The highest BCUT2D eigenvalue weighted by Crippen LogP contribution is 2.40. The van der Waals surface area contributed by atoms with Gasteiger partial charge in [-0.15, -0.1) is 0 Å². The van der Waals surface area contributed by atoms with Crippen molar-refractivity contribution in [1.82, 2.24) is 4.90 Å². The summed E-state index contributed by atoms with van der Waals surface area (Å²) in [7, 11) is 0. The molecule has 1 heterocycles. The van der Waals surface area contributed by atoms with Crippen molar-refractivity contribution in [2.45, 2.75) is 57.7 Å². The van der Waals surface area contributed by atoms with Crippen molar-refractivity contribution in [3.8, 4) is 0 Å². The molecule has 1 aromatic rings. The summed E-state index contributed by atoms with van der Waals surface area (Å²) in [4.78, 5) is 13.8. The van der Waals surface area contributed by atoms with Gasteiger partial charge in [-0.1, -0.05) is 42.7 Å². The van der Waals surface area contributed by atoms with E-state index in [2.05, 4.69) is 36.1 Å². The number of fused-ring (bicyclic) bond motifs is 1. The van der Waals surface area contributed by atoms with Crippen molar-refractivity contribution in [3.05, 3.63) is 35.4 Å². The molecule has 0 aromatic heterocycles. The van der Waals surface area contributed by atoms with Gasteiger partial charge < -0.3 is 5.11 Å². The average Bonchev–Trinajstić information content (AvgIpc) is 2.81. The van der Waals surface area contributed by atoms with Gasteiger partial charge in [0.25, 0.3) is 0 Å². The lowest BCUT2D eigenvalue weighted by Gasteiger charge is -2.33. The summed E-state index contributed by atoms with van der Waals surface area (Å²) in [6, 6.07) is 8.67. The van der Waals surface area contributed by atoms with E-state index in [1.165, 1.54) is 36.8 Å². The molecule has 1 saturated carbocycles. The van der Waals surface area contributed by atoms with E-state index in [1.807, 2.05) is 0 Å². The molecular formula is C17H23NO2. The van der Waals surface area contributed by atoms with Gasteiger partial charge in [0.1, 0.15) is 6.04 Å². The summed E-state index contributed by atoms with van der Waals surface area (Å²) in [5, 5.41) is 9.51. The monoisotopic (exact) mass is 273 g/mol. The second-order valence-electron chi connectivity index (χ2n) is 6.36. The highest BCUT2D eigenvalue weighted by atomic mass is 16.4. The van der Waals surface area contributed by atoms with E-state index in [-0.39, 0.29) is 6.04 Å². The van der Waals surface area contributed by atoms with Gasteiger partial charge in [-0.2, -0.15) is 0 Å². The van der Waals surface area contributed by atoms with Gasteiger partial charge in [0.2, 0.25) is 0 Å². The Hall–Kier alpha value is -1.35. The van der Waals surface area contributed by atoms with Crippen molar-refractivity contribution in [2.24, 2.45) is 5.92 Å². The Labute approximate surface area is 120 Å².